The minimum Gasteiger partial charge on any atom is -0.496 e. The van der Waals surface area contributed by atoms with Gasteiger partial charge in [0.2, 0.25) is 0 Å². The van der Waals surface area contributed by atoms with Gasteiger partial charge in [-0.1, -0.05) is 6.07 Å². The van der Waals surface area contributed by atoms with Gasteiger partial charge in [-0.15, -0.1) is 0 Å². The van der Waals surface area contributed by atoms with E-state index in [0.717, 1.165) is 11.4 Å². The molecule has 0 aliphatic heterocycles. The van der Waals surface area contributed by atoms with E-state index in [1.165, 1.54) is 37.4 Å². The van der Waals surface area contributed by atoms with Crippen molar-refractivity contribution in [1.82, 2.24) is 20.3 Å². The fraction of sp³-hybridized carbons (Fsp3) is 0.154. The van der Waals surface area contributed by atoms with Gasteiger partial charge in [0.15, 0.2) is 11.5 Å². The summed E-state index contributed by atoms with van der Waals surface area (Å²) in [5, 5.41) is 2.73. The zero-order valence-electron chi connectivity index (χ0n) is 19.4. The molecule has 7 nitrogen and oxygen atoms in total. The number of nitrogen functional groups attached to an aromatic ring is 1. The summed E-state index contributed by atoms with van der Waals surface area (Å²) in [7, 11) is 1.42. The van der Waals surface area contributed by atoms with Crippen LogP contribution < -0.4 is 15.8 Å². The number of amides is 1. The van der Waals surface area contributed by atoms with Gasteiger partial charge in [-0.2, -0.15) is 0 Å². The lowest BCUT2D eigenvalue weighted by atomic mass is 10.0. The van der Waals surface area contributed by atoms with Crippen molar-refractivity contribution in [3.05, 3.63) is 88.9 Å². The number of ether oxygens (including phenoxy) is 1. The van der Waals surface area contributed by atoms with Gasteiger partial charge in [0.25, 0.3) is 5.91 Å². The molecule has 1 amide bonds. The fourth-order valence-electron chi connectivity index (χ4n) is 3.72. The fourth-order valence-corrected chi connectivity index (χ4v) is 3.72. The van der Waals surface area contributed by atoms with Crippen LogP contribution in [0.4, 0.5) is 14.6 Å². The third-order valence-corrected chi connectivity index (χ3v) is 5.30. The first kappa shape index (κ1) is 23.7. The topological polar surface area (TPSA) is 103 Å². The van der Waals surface area contributed by atoms with Gasteiger partial charge in [0, 0.05) is 40.7 Å². The molecule has 0 atom stereocenters. The Morgan fingerprint density at radius 3 is 2.17 bits per heavy atom. The van der Waals surface area contributed by atoms with Crippen LogP contribution in [-0.2, 0) is 6.54 Å². The predicted molar refractivity (Wildman–Crippen MR) is 129 cm³/mol. The summed E-state index contributed by atoms with van der Waals surface area (Å²) in [4.78, 5) is 26.5. The highest BCUT2D eigenvalue weighted by molar-refractivity contribution is 5.98. The maximum atomic E-state index is 13.5. The van der Waals surface area contributed by atoms with Crippen molar-refractivity contribution < 1.29 is 18.3 Å². The number of nitrogens with two attached hydrogens (primary N) is 1. The van der Waals surface area contributed by atoms with E-state index in [1.54, 1.807) is 12.1 Å². The minimum atomic E-state index is -0.559. The molecule has 0 saturated carbocycles. The van der Waals surface area contributed by atoms with Crippen LogP contribution in [0.2, 0.25) is 0 Å². The first-order valence-electron chi connectivity index (χ1n) is 10.7. The SMILES string of the molecule is COc1cc(F)ccc1CNC(=O)c1nc(-c2cc(C)nc(C)c2)c(-c2ccc(F)cc2)nc1N. The molecule has 3 N–H and O–H groups in total. The number of rotatable bonds is 6. The van der Waals surface area contributed by atoms with Crippen LogP contribution >= 0.6 is 0 Å². The Hall–Kier alpha value is -4.40. The molecule has 35 heavy (non-hydrogen) atoms. The Labute approximate surface area is 201 Å². The van der Waals surface area contributed by atoms with Gasteiger partial charge >= 0.3 is 0 Å². The second-order valence-electron chi connectivity index (χ2n) is 7.94. The van der Waals surface area contributed by atoms with Crippen LogP contribution in [0, 0.1) is 25.5 Å². The van der Waals surface area contributed by atoms with E-state index in [2.05, 4.69) is 20.3 Å². The van der Waals surface area contributed by atoms with E-state index in [-0.39, 0.29) is 23.9 Å². The van der Waals surface area contributed by atoms with E-state index in [9.17, 15) is 13.6 Å². The monoisotopic (exact) mass is 475 g/mol. The number of halogens is 2. The molecule has 4 aromatic rings. The molecule has 0 unspecified atom stereocenters. The summed E-state index contributed by atoms with van der Waals surface area (Å²) in [6.45, 7) is 3.76. The molecule has 178 valence electrons. The second-order valence-corrected chi connectivity index (χ2v) is 7.94. The number of anilines is 1. The first-order chi connectivity index (χ1) is 16.7. The molecule has 9 heteroatoms. The molecule has 0 aliphatic carbocycles. The van der Waals surface area contributed by atoms with Crippen molar-refractivity contribution in [2.24, 2.45) is 0 Å². The van der Waals surface area contributed by atoms with Gasteiger partial charge in [0.1, 0.15) is 17.4 Å². The number of hydrogen-bond acceptors (Lipinski definition) is 6. The highest BCUT2D eigenvalue weighted by Crippen LogP contribution is 2.31. The summed E-state index contributed by atoms with van der Waals surface area (Å²) in [6.07, 6.45) is 0. The number of pyridine rings is 1. The summed E-state index contributed by atoms with van der Waals surface area (Å²) in [5.74, 6) is -1.18. The summed E-state index contributed by atoms with van der Waals surface area (Å²) < 4.78 is 32.2. The average molecular weight is 475 g/mol. The van der Waals surface area contributed by atoms with Crippen molar-refractivity contribution >= 4 is 11.7 Å². The molecule has 2 heterocycles. The summed E-state index contributed by atoms with van der Waals surface area (Å²) >= 11 is 0. The van der Waals surface area contributed by atoms with E-state index < -0.39 is 11.7 Å². The van der Waals surface area contributed by atoms with Crippen molar-refractivity contribution in [2.75, 3.05) is 12.8 Å². The smallest absolute Gasteiger partial charge is 0.274 e. The van der Waals surface area contributed by atoms with Crippen LogP contribution in [0.3, 0.4) is 0 Å². The van der Waals surface area contributed by atoms with Gasteiger partial charge in [-0.05, 0) is 56.3 Å². The van der Waals surface area contributed by atoms with Crippen molar-refractivity contribution in [3.63, 3.8) is 0 Å². The Balaban J connectivity index is 1.75. The van der Waals surface area contributed by atoms with Crippen LogP contribution in [-0.4, -0.2) is 28.0 Å². The maximum Gasteiger partial charge on any atom is 0.274 e. The lowest BCUT2D eigenvalue weighted by molar-refractivity contribution is 0.0946. The zero-order valence-corrected chi connectivity index (χ0v) is 19.4. The van der Waals surface area contributed by atoms with E-state index in [4.69, 9.17) is 10.5 Å². The number of carbonyl (C=O) groups excluding carboxylic acids is 1. The first-order valence-corrected chi connectivity index (χ1v) is 10.7. The summed E-state index contributed by atoms with van der Waals surface area (Å²) in [5.41, 5.74) is 10.3. The van der Waals surface area contributed by atoms with Gasteiger partial charge < -0.3 is 15.8 Å². The number of carbonyl (C=O) groups is 1. The van der Waals surface area contributed by atoms with Crippen molar-refractivity contribution in [1.29, 1.82) is 0 Å². The lowest BCUT2D eigenvalue weighted by Crippen LogP contribution is -2.26. The predicted octanol–water partition coefficient (Wildman–Crippen LogP) is 4.62. The molecule has 0 spiro atoms. The maximum absolute atomic E-state index is 13.5. The Morgan fingerprint density at radius 1 is 0.886 bits per heavy atom. The Bertz CT molecular complexity index is 1390. The standard InChI is InChI=1S/C26H23F2N5O2/c1-14-10-18(11-15(2)31-14)23-22(16-4-7-19(27)8-5-16)33-25(29)24(32-23)26(34)30-13-17-6-9-20(28)12-21(17)35-3/h4-12H,13H2,1-3H3,(H2,29,33)(H,30,34). The molecule has 0 saturated heterocycles. The quantitative estimate of drug-likeness (QED) is 0.422. The lowest BCUT2D eigenvalue weighted by Gasteiger charge is -2.14. The van der Waals surface area contributed by atoms with Crippen LogP contribution in [0.15, 0.2) is 54.6 Å². The molecular formula is C26H23F2N5O2. The number of methoxy groups -OCH3 is 1. The van der Waals surface area contributed by atoms with E-state index in [1.807, 2.05) is 26.0 Å². The van der Waals surface area contributed by atoms with Gasteiger partial charge in [-0.25, -0.2) is 18.7 Å². The number of aryl methyl sites for hydroxylation is 2. The van der Waals surface area contributed by atoms with E-state index in [0.29, 0.717) is 33.8 Å². The summed E-state index contributed by atoms with van der Waals surface area (Å²) in [6, 6.07) is 13.5. The molecule has 0 aliphatic rings. The number of nitrogens with one attached hydrogen (secondary N) is 1. The number of benzene rings is 2. The molecule has 4 rings (SSSR count). The molecule has 0 bridgehead atoms. The van der Waals surface area contributed by atoms with Crippen molar-refractivity contribution in [2.45, 2.75) is 20.4 Å². The Kier molecular flexibility index (Phi) is 6.68. The molecule has 2 aromatic carbocycles. The largest absolute Gasteiger partial charge is 0.496 e. The van der Waals surface area contributed by atoms with Gasteiger partial charge in [0.05, 0.1) is 18.5 Å². The molecule has 0 fully saturated rings. The molecular weight excluding hydrogens is 452 g/mol. The van der Waals surface area contributed by atoms with Crippen LogP contribution in [0.5, 0.6) is 5.75 Å². The van der Waals surface area contributed by atoms with Crippen LogP contribution in [0.25, 0.3) is 22.5 Å². The zero-order chi connectivity index (χ0) is 25.1. The highest BCUT2D eigenvalue weighted by Gasteiger charge is 2.21. The highest BCUT2D eigenvalue weighted by atomic mass is 19.1. The molecule has 0 radical (unpaired) electrons. The third kappa shape index (κ3) is 5.24. The second kappa shape index (κ2) is 9.84. The normalized spacial score (nSPS) is 10.8. The average Bonchev–Trinajstić information content (AvgIpc) is 2.82. The number of aromatic nitrogens is 3. The van der Waals surface area contributed by atoms with E-state index >= 15 is 0 Å². The molecule has 2 aromatic heterocycles. The van der Waals surface area contributed by atoms with Crippen molar-refractivity contribution in [3.8, 4) is 28.3 Å². The minimum absolute atomic E-state index is 0.0614. The number of hydrogen-bond donors (Lipinski definition) is 2. The number of nitrogens with zero attached hydrogens (tertiary/aromatic N) is 3. The van der Waals surface area contributed by atoms with Crippen LogP contribution in [0.1, 0.15) is 27.4 Å². The third-order valence-electron chi connectivity index (χ3n) is 5.30. The van der Waals surface area contributed by atoms with Gasteiger partial charge in [-0.3, -0.25) is 9.78 Å². The Morgan fingerprint density at radius 2 is 1.51 bits per heavy atom.